The second-order valence-electron chi connectivity index (χ2n) is 4.76. The summed E-state index contributed by atoms with van der Waals surface area (Å²) >= 11 is 0. The van der Waals surface area contributed by atoms with Gasteiger partial charge in [0.05, 0.1) is 0 Å². The lowest BCUT2D eigenvalue weighted by atomic mass is 10.1. The topological polar surface area (TPSA) is 56.1 Å². The van der Waals surface area contributed by atoms with Crippen molar-refractivity contribution in [3.8, 4) is 5.88 Å². The van der Waals surface area contributed by atoms with Gasteiger partial charge in [-0.2, -0.15) is 0 Å². The van der Waals surface area contributed by atoms with Crippen molar-refractivity contribution in [2.24, 2.45) is 0 Å². The van der Waals surface area contributed by atoms with Gasteiger partial charge in [0.25, 0.3) is 5.88 Å². The Labute approximate surface area is 99.8 Å². The second kappa shape index (κ2) is 4.49. The Kier molecular flexibility index (Phi) is 2.84. The van der Waals surface area contributed by atoms with Crippen molar-refractivity contribution in [1.82, 2.24) is 14.9 Å². The molecule has 1 aromatic heterocycles. The first kappa shape index (κ1) is 10.8. The SMILES string of the molecule is O=c1c(O[C@H]2CCCNC2)nccn1C1CC1. The average Bonchev–Trinajstić information content (AvgIpc) is 3.17. The summed E-state index contributed by atoms with van der Waals surface area (Å²) in [6, 6.07) is 0.373. The smallest absolute Gasteiger partial charge is 0.313 e. The van der Waals surface area contributed by atoms with Crippen LogP contribution in [0.15, 0.2) is 17.2 Å². The van der Waals surface area contributed by atoms with E-state index in [1.807, 2.05) is 0 Å². The van der Waals surface area contributed by atoms with Crippen LogP contribution >= 0.6 is 0 Å². The van der Waals surface area contributed by atoms with Crippen LogP contribution in [0.5, 0.6) is 5.88 Å². The molecule has 0 radical (unpaired) electrons. The van der Waals surface area contributed by atoms with Crippen LogP contribution in [-0.2, 0) is 0 Å². The zero-order valence-electron chi connectivity index (χ0n) is 9.76. The van der Waals surface area contributed by atoms with E-state index in [0.29, 0.717) is 6.04 Å². The minimum absolute atomic E-state index is 0.0824. The highest BCUT2D eigenvalue weighted by Crippen LogP contribution is 2.33. The number of rotatable bonds is 3. The quantitative estimate of drug-likeness (QED) is 0.838. The lowest BCUT2D eigenvalue weighted by Gasteiger charge is -2.23. The first-order chi connectivity index (χ1) is 8.34. The van der Waals surface area contributed by atoms with Crippen LogP contribution in [0.1, 0.15) is 31.7 Å². The van der Waals surface area contributed by atoms with Gasteiger partial charge in [0, 0.05) is 25.0 Å². The second-order valence-corrected chi connectivity index (χ2v) is 4.76. The highest BCUT2D eigenvalue weighted by Gasteiger charge is 2.26. The van der Waals surface area contributed by atoms with Crippen molar-refractivity contribution in [2.75, 3.05) is 13.1 Å². The van der Waals surface area contributed by atoms with Crippen LogP contribution in [0.2, 0.25) is 0 Å². The molecule has 0 bridgehead atoms. The van der Waals surface area contributed by atoms with Crippen molar-refractivity contribution < 1.29 is 4.74 Å². The standard InChI is InChI=1S/C12H17N3O2/c16-12-11(17-10-2-1-5-13-8-10)14-6-7-15(12)9-3-4-9/h6-7,9-10,13H,1-5,8H2/t10-/m0/s1. The fourth-order valence-corrected chi connectivity index (χ4v) is 2.21. The number of piperidine rings is 1. The van der Waals surface area contributed by atoms with Crippen LogP contribution in [0, 0.1) is 0 Å². The monoisotopic (exact) mass is 235 g/mol. The molecule has 17 heavy (non-hydrogen) atoms. The summed E-state index contributed by atoms with van der Waals surface area (Å²) < 4.78 is 7.45. The Hall–Kier alpha value is -1.36. The van der Waals surface area contributed by atoms with Crippen molar-refractivity contribution in [2.45, 2.75) is 37.8 Å². The molecule has 1 aliphatic carbocycles. The summed E-state index contributed by atoms with van der Waals surface area (Å²) in [5.41, 5.74) is -0.0828. The molecule has 3 rings (SSSR count). The predicted molar refractivity (Wildman–Crippen MR) is 63.3 cm³/mol. The van der Waals surface area contributed by atoms with E-state index in [1.165, 1.54) is 0 Å². The normalized spacial score (nSPS) is 24.6. The summed E-state index contributed by atoms with van der Waals surface area (Å²) in [6.07, 6.45) is 7.76. The van der Waals surface area contributed by atoms with Gasteiger partial charge in [-0.1, -0.05) is 0 Å². The maximum absolute atomic E-state index is 12.1. The molecular weight excluding hydrogens is 218 g/mol. The molecule has 1 atom stereocenters. The van der Waals surface area contributed by atoms with Crippen molar-refractivity contribution in [1.29, 1.82) is 0 Å². The van der Waals surface area contributed by atoms with E-state index in [9.17, 15) is 4.79 Å². The summed E-state index contributed by atoms with van der Waals surface area (Å²) in [5, 5.41) is 3.26. The van der Waals surface area contributed by atoms with E-state index >= 15 is 0 Å². The maximum atomic E-state index is 12.1. The predicted octanol–water partition coefficient (Wildman–Crippen LogP) is 0.709. The molecule has 2 heterocycles. The zero-order chi connectivity index (χ0) is 11.7. The number of ether oxygens (including phenoxy) is 1. The van der Waals surface area contributed by atoms with E-state index in [4.69, 9.17) is 4.74 Å². The zero-order valence-corrected chi connectivity index (χ0v) is 9.76. The van der Waals surface area contributed by atoms with Crippen LogP contribution < -0.4 is 15.6 Å². The highest BCUT2D eigenvalue weighted by atomic mass is 16.5. The number of nitrogens with zero attached hydrogens (tertiary/aromatic N) is 2. The first-order valence-electron chi connectivity index (χ1n) is 6.29. The Bertz CT molecular complexity index is 447. The van der Waals surface area contributed by atoms with Gasteiger partial charge in [0.1, 0.15) is 6.10 Å². The number of hydrogen-bond acceptors (Lipinski definition) is 4. The Morgan fingerprint density at radius 2 is 2.29 bits per heavy atom. The Balaban J connectivity index is 1.77. The van der Waals surface area contributed by atoms with Crippen molar-refractivity contribution >= 4 is 0 Å². The summed E-state index contributed by atoms with van der Waals surface area (Å²) in [5.74, 6) is 0.258. The van der Waals surface area contributed by atoms with Gasteiger partial charge in [0.2, 0.25) is 0 Å². The third-order valence-electron chi connectivity index (χ3n) is 3.31. The molecule has 0 amide bonds. The molecule has 1 aromatic rings. The molecule has 2 fully saturated rings. The lowest BCUT2D eigenvalue weighted by Crippen LogP contribution is -2.38. The van der Waals surface area contributed by atoms with Gasteiger partial charge in [0.15, 0.2) is 0 Å². The average molecular weight is 235 g/mol. The molecule has 0 unspecified atom stereocenters. The van der Waals surface area contributed by atoms with Gasteiger partial charge in [-0.25, -0.2) is 4.98 Å². The number of aromatic nitrogens is 2. The molecule has 2 aliphatic rings. The minimum atomic E-state index is -0.0828. The third-order valence-corrected chi connectivity index (χ3v) is 3.31. The molecule has 1 aliphatic heterocycles. The van der Waals surface area contributed by atoms with Crippen molar-refractivity contribution in [3.05, 3.63) is 22.7 Å². The van der Waals surface area contributed by atoms with E-state index in [1.54, 1.807) is 17.0 Å². The molecular formula is C12H17N3O2. The van der Waals surface area contributed by atoms with Crippen LogP contribution in [0.25, 0.3) is 0 Å². The first-order valence-corrected chi connectivity index (χ1v) is 6.29. The molecule has 1 saturated heterocycles. The van der Waals surface area contributed by atoms with Gasteiger partial charge >= 0.3 is 5.56 Å². The molecule has 5 heteroatoms. The van der Waals surface area contributed by atoms with E-state index in [0.717, 1.165) is 38.8 Å². The van der Waals surface area contributed by atoms with Crippen molar-refractivity contribution in [3.63, 3.8) is 0 Å². The van der Waals surface area contributed by atoms with Gasteiger partial charge in [-0.05, 0) is 32.2 Å². The summed E-state index contributed by atoms with van der Waals surface area (Å²) in [4.78, 5) is 16.1. The van der Waals surface area contributed by atoms with Gasteiger partial charge < -0.3 is 14.6 Å². The van der Waals surface area contributed by atoms with E-state index in [-0.39, 0.29) is 17.5 Å². The Morgan fingerprint density at radius 1 is 1.41 bits per heavy atom. The van der Waals surface area contributed by atoms with Crippen LogP contribution in [-0.4, -0.2) is 28.7 Å². The molecule has 1 saturated carbocycles. The van der Waals surface area contributed by atoms with Crippen LogP contribution in [0.4, 0.5) is 0 Å². The van der Waals surface area contributed by atoms with E-state index in [2.05, 4.69) is 10.3 Å². The molecule has 1 N–H and O–H groups in total. The molecule has 92 valence electrons. The van der Waals surface area contributed by atoms with E-state index < -0.39 is 0 Å². The van der Waals surface area contributed by atoms with Gasteiger partial charge in [-0.3, -0.25) is 4.79 Å². The molecule has 0 aromatic carbocycles. The lowest BCUT2D eigenvalue weighted by molar-refractivity contribution is 0.157. The highest BCUT2D eigenvalue weighted by molar-refractivity contribution is 5.07. The third kappa shape index (κ3) is 2.34. The maximum Gasteiger partial charge on any atom is 0.313 e. The largest absolute Gasteiger partial charge is 0.469 e. The van der Waals surface area contributed by atoms with Gasteiger partial charge in [-0.15, -0.1) is 0 Å². The molecule has 0 spiro atoms. The summed E-state index contributed by atoms with van der Waals surface area (Å²) in [7, 11) is 0. The Morgan fingerprint density at radius 3 is 3.00 bits per heavy atom. The van der Waals surface area contributed by atoms with Crippen LogP contribution in [0.3, 0.4) is 0 Å². The minimum Gasteiger partial charge on any atom is -0.469 e. The summed E-state index contributed by atoms with van der Waals surface area (Å²) in [6.45, 7) is 1.84. The fraction of sp³-hybridized carbons (Fsp3) is 0.667. The number of hydrogen-bond donors (Lipinski definition) is 1. The molecule has 5 nitrogen and oxygen atoms in total. The number of nitrogens with one attached hydrogen (secondary N) is 1. The fourth-order valence-electron chi connectivity index (χ4n) is 2.21.